The van der Waals surface area contributed by atoms with Crippen molar-refractivity contribution in [1.29, 1.82) is 0 Å². The number of ether oxygens (including phenoxy) is 1. The summed E-state index contributed by atoms with van der Waals surface area (Å²) >= 11 is 0. The molecule has 0 saturated heterocycles. The summed E-state index contributed by atoms with van der Waals surface area (Å²) in [5, 5.41) is 3.77. The van der Waals surface area contributed by atoms with Crippen molar-refractivity contribution in [2.75, 3.05) is 6.61 Å². The van der Waals surface area contributed by atoms with Gasteiger partial charge in [0, 0.05) is 6.92 Å². The number of rotatable bonds is 5. The largest absolute Gasteiger partial charge is 0.494 e. The van der Waals surface area contributed by atoms with Crippen LogP contribution in [0.1, 0.15) is 25.8 Å². The molecule has 0 aliphatic rings. The minimum atomic E-state index is -0.181. The molecule has 0 spiro atoms. The molecule has 4 heteroatoms. The molecular formula is C12H16N2O2. The molecule has 1 N–H and O–H groups in total. The second-order valence-corrected chi connectivity index (χ2v) is 3.34. The molecule has 0 unspecified atom stereocenters. The summed E-state index contributed by atoms with van der Waals surface area (Å²) in [6, 6.07) is 7.53. The number of carbonyl (C=O) groups excluding carboxylic acids is 1. The molecule has 0 aromatic heterocycles. The molecule has 0 aliphatic carbocycles. The number of benzene rings is 1. The third kappa shape index (κ3) is 4.59. The highest BCUT2D eigenvalue weighted by Gasteiger charge is 1.92. The lowest BCUT2D eigenvalue weighted by Gasteiger charge is -2.03. The molecule has 1 aromatic rings. The highest BCUT2D eigenvalue weighted by molar-refractivity contribution is 5.81. The number of hydrogen-bond donors (Lipinski definition) is 1. The number of nitrogens with one attached hydrogen (secondary N) is 1. The molecule has 86 valence electrons. The summed E-state index contributed by atoms with van der Waals surface area (Å²) in [5.74, 6) is 0.665. The molecule has 16 heavy (non-hydrogen) atoms. The molecule has 1 rings (SSSR count). The monoisotopic (exact) mass is 220 g/mol. The van der Waals surface area contributed by atoms with E-state index in [4.69, 9.17) is 4.74 Å². The Morgan fingerprint density at radius 1 is 1.44 bits per heavy atom. The fraction of sp³-hybridized carbons (Fsp3) is 0.333. The van der Waals surface area contributed by atoms with Gasteiger partial charge in [0.1, 0.15) is 5.75 Å². The normalized spacial score (nSPS) is 10.4. The lowest BCUT2D eigenvalue weighted by molar-refractivity contribution is -0.118. The zero-order valence-electron chi connectivity index (χ0n) is 9.56. The van der Waals surface area contributed by atoms with Gasteiger partial charge in [0.2, 0.25) is 5.91 Å². The molecule has 1 aromatic carbocycles. The van der Waals surface area contributed by atoms with E-state index in [-0.39, 0.29) is 5.91 Å². The Kier molecular flexibility index (Phi) is 5.05. The summed E-state index contributed by atoms with van der Waals surface area (Å²) < 4.78 is 5.44. The Morgan fingerprint density at radius 3 is 2.69 bits per heavy atom. The number of nitrogens with zero attached hydrogens (tertiary/aromatic N) is 1. The first-order chi connectivity index (χ1) is 7.72. The van der Waals surface area contributed by atoms with E-state index in [0.29, 0.717) is 0 Å². The fourth-order valence-corrected chi connectivity index (χ4v) is 1.07. The molecule has 0 saturated carbocycles. The zero-order valence-corrected chi connectivity index (χ0v) is 9.56. The van der Waals surface area contributed by atoms with E-state index in [1.807, 2.05) is 24.3 Å². The maximum atomic E-state index is 10.6. The Labute approximate surface area is 95.3 Å². The third-order valence-electron chi connectivity index (χ3n) is 1.79. The van der Waals surface area contributed by atoms with Gasteiger partial charge in [0.15, 0.2) is 0 Å². The highest BCUT2D eigenvalue weighted by Crippen LogP contribution is 2.11. The smallest absolute Gasteiger partial charge is 0.236 e. The van der Waals surface area contributed by atoms with Crippen LogP contribution in [0.2, 0.25) is 0 Å². The molecule has 0 atom stereocenters. The Morgan fingerprint density at radius 2 is 2.12 bits per heavy atom. The topological polar surface area (TPSA) is 50.7 Å². The van der Waals surface area contributed by atoms with E-state index in [9.17, 15) is 4.79 Å². The summed E-state index contributed by atoms with van der Waals surface area (Å²) in [5.41, 5.74) is 3.26. The maximum absolute atomic E-state index is 10.6. The van der Waals surface area contributed by atoms with Crippen LogP contribution >= 0.6 is 0 Å². The van der Waals surface area contributed by atoms with E-state index < -0.39 is 0 Å². The summed E-state index contributed by atoms with van der Waals surface area (Å²) in [4.78, 5) is 10.6. The third-order valence-corrected chi connectivity index (χ3v) is 1.79. The number of amides is 1. The van der Waals surface area contributed by atoms with Gasteiger partial charge in [-0.1, -0.05) is 6.92 Å². The molecule has 0 radical (unpaired) electrons. The van der Waals surface area contributed by atoms with E-state index in [2.05, 4.69) is 17.5 Å². The van der Waals surface area contributed by atoms with Gasteiger partial charge in [0.25, 0.3) is 0 Å². The van der Waals surface area contributed by atoms with E-state index >= 15 is 0 Å². The van der Waals surface area contributed by atoms with Crippen molar-refractivity contribution >= 4 is 12.1 Å². The van der Waals surface area contributed by atoms with Crippen LogP contribution in [-0.4, -0.2) is 18.7 Å². The van der Waals surface area contributed by atoms with Crippen molar-refractivity contribution in [2.24, 2.45) is 5.10 Å². The van der Waals surface area contributed by atoms with Crippen molar-refractivity contribution in [3.8, 4) is 5.75 Å². The first-order valence-electron chi connectivity index (χ1n) is 5.25. The second-order valence-electron chi connectivity index (χ2n) is 3.34. The highest BCUT2D eigenvalue weighted by atomic mass is 16.5. The number of hydrazone groups is 1. The molecule has 1 amide bonds. The van der Waals surface area contributed by atoms with Gasteiger partial charge < -0.3 is 4.74 Å². The molecule has 4 nitrogen and oxygen atoms in total. The van der Waals surface area contributed by atoms with Crippen molar-refractivity contribution in [1.82, 2.24) is 5.43 Å². The SMILES string of the molecule is CCCOc1ccc(/C=N\NC(C)=O)cc1. The number of hydrogen-bond acceptors (Lipinski definition) is 3. The summed E-state index contributed by atoms with van der Waals surface area (Å²) in [6.07, 6.45) is 2.58. The quantitative estimate of drug-likeness (QED) is 0.609. The first-order valence-corrected chi connectivity index (χ1v) is 5.25. The predicted octanol–water partition coefficient (Wildman–Crippen LogP) is 1.95. The average molecular weight is 220 g/mol. The van der Waals surface area contributed by atoms with E-state index in [1.54, 1.807) is 6.21 Å². The van der Waals surface area contributed by atoms with Crippen LogP contribution in [0.25, 0.3) is 0 Å². The fourth-order valence-electron chi connectivity index (χ4n) is 1.07. The molecule has 0 bridgehead atoms. The zero-order chi connectivity index (χ0) is 11.8. The Hall–Kier alpha value is -1.84. The van der Waals surface area contributed by atoms with Gasteiger partial charge in [0.05, 0.1) is 12.8 Å². The van der Waals surface area contributed by atoms with E-state index in [1.165, 1.54) is 6.92 Å². The molecule has 0 fully saturated rings. The van der Waals surface area contributed by atoms with Crippen LogP contribution in [0, 0.1) is 0 Å². The van der Waals surface area contributed by atoms with Crippen molar-refractivity contribution in [3.05, 3.63) is 29.8 Å². The predicted molar refractivity (Wildman–Crippen MR) is 63.6 cm³/mol. The molecular weight excluding hydrogens is 204 g/mol. The maximum Gasteiger partial charge on any atom is 0.236 e. The summed E-state index contributed by atoms with van der Waals surface area (Å²) in [7, 11) is 0. The molecule has 0 aliphatic heterocycles. The van der Waals surface area contributed by atoms with Gasteiger partial charge in [-0.25, -0.2) is 5.43 Å². The minimum Gasteiger partial charge on any atom is -0.494 e. The van der Waals surface area contributed by atoms with Crippen molar-refractivity contribution in [2.45, 2.75) is 20.3 Å². The Bertz CT molecular complexity index is 358. The van der Waals surface area contributed by atoms with E-state index in [0.717, 1.165) is 24.3 Å². The van der Waals surface area contributed by atoms with Gasteiger partial charge in [-0.3, -0.25) is 4.79 Å². The minimum absolute atomic E-state index is 0.181. The number of carbonyl (C=O) groups is 1. The first kappa shape index (κ1) is 12.2. The Balaban J connectivity index is 2.50. The van der Waals surface area contributed by atoms with Crippen LogP contribution in [0.4, 0.5) is 0 Å². The molecule has 0 heterocycles. The lowest BCUT2D eigenvalue weighted by atomic mass is 10.2. The second kappa shape index (κ2) is 6.61. The van der Waals surface area contributed by atoms with Crippen LogP contribution in [0.3, 0.4) is 0 Å². The van der Waals surface area contributed by atoms with Crippen molar-refractivity contribution < 1.29 is 9.53 Å². The van der Waals surface area contributed by atoms with Gasteiger partial charge >= 0.3 is 0 Å². The lowest BCUT2D eigenvalue weighted by Crippen LogP contribution is -2.12. The van der Waals surface area contributed by atoms with Crippen LogP contribution in [0.15, 0.2) is 29.4 Å². The van der Waals surface area contributed by atoms with Crippen LogP contribution < -0.4 is 10.2 Å². The van der Waals surface area contributed by atoms with Crippen LogP contribution in [0.5, 0.6) is 5.75 Å². The summed E-state index contributed by atoms with van der Waals surface area (Å²) in [6.45, 7) is 4.20. The van der Waals surface area contributed by atoms with Gasteiger partial charge in [-0.15, -0.1) is 0 Å². The average Bonchev–Trinajstić information content (AvgIpc) is 2.27. The van der Waals surface area contributed by atoms with Gasteiger partial charge in [-0.2, -0.15) is 5.10 Å². The van der Waals surface area contributed by atoms with Crippen molar-refractivity contribution in [3.63, 3.8) is 0 Å². The van der Waals surface area contributed by atoms with Gasteiger partial charge in [-0.05, 0) is 36.2 Å². The standard InChI is InChI=1S/C12H16N2O2/c1-3-8-16-12-6-4-11(5-7-12)9-13-14-10(2)15/h4-7,9H,3,8H2,1-2H3,(H,14,15)/b13-9-. The van der Waals surface area contributed by atoms with Crippen LogP contribution in [-0.2, 0) is 4.79 Å².